The van der Waals surface area contributed by atoms with Gasteiger partial charge >= 0.3 is 11.4 Å². The fourth-order valence-corrected chi connectivity index (χ4v) is 3.39. The number of aromatic amines is 1. The Morgan fingerprint density at radius 1 is 0.821 bits per heavy atom. The number of nitrogens with one attached hydrogen (secondary N) is 1. The third-order valence-electron chi connectivity index (χ3n) is 4.94. The number of benzene rings is 2. The molecule has 1 amide bonds. The normalized spacial score (nSPS) is 14.3. The smallest absolute Gasteiger partial charge is 0.352 e. The minimum atomic E-state index is -0.592. The SMILES string of the molecule is O=C(Cn1c(=O)[nH]n(-c2ccccc2)c1=O)N1CCN(c2ccccc2)CC1. The standard InChI is InChI=1S/C20H21N5O3/c26-18(23-13-11-22(12-14-23)16-7-3-1-4-8-16)15-24-19(27)21-25(20(24)28)17-9-5-2-6-10-17/h1-10H,11-15H2,(H,21,27). The number of rotatable bonds is 4. The van der Waals surface area contributed by atoms with Crippen LogP contribution in [0.5, 0.6) is 0 Å². The van der Waals surface area contributed by atoms with Crippen LogP contribution in [-0.2, 0) is 11.3 Å². The van der Waals surface area contributed by atoms with Crippen molar-refractivity contribution in [3.8, 4) is 5.69 Å². The topological polar surface area (TPSA) is 83.3 Å². The van der Waals surface area contributed by atoms with E-state index in [4.69, 9.17) is 0 Å². The molecule has 1 N–H and O–H groups in total. The largest absolute Gasteiger partial charge is 0.368 e. The van der Waals surface area contributed by atoms with Crippen molar-refractivity contribution in [3.05, 3.63) is 81.6 Å². The van der Waals surface area contributed by atoms with Crippen LogP contribution >= 0.6 is 0 Å². The maximum Gasteiger partial charge on any atom is 0.352 e. The molecule has 8 heteroatoms. The summed E-state index contributed by atoms with van der Waals surface area (Å²) in [6, 6.07) is 18.8. The average Bonchev–Trinajstić information content (AvgIpc) is 3.03. The van der Waals surface area contributed by atoms with Crippen LogP contribution in [0.2, 0.25) is 0 Å². The zero-order valence-corrected chi connectivity index (χ0v) is 15.3. The molecule has 0 bridgehead atoms. The van der Waals surface area contributed by atoms with Crippen LogP contribution < -0.4 is 16.3 Å². The number of amides is 1. The number of para-hydroxylation sites is 2. The molecule has 1 aliphatic rings. The predicted molar refractivity (Wildman–Crippen MR) is 106 cm³/mol. The molecule has 0 spiro atoms. The molecule has 1 fully saturated rings. The summed E-state index contributed by atoms with van der Waals surface area (Å²) >= 11 is 0. The van der Waals surface area contributed by atoms with Crippen LogP contribution in [0, 0.1) is 0 Å². The lowest BCUT2D eigenvalue weighted by Gasteiger charge is -2.36. The number of piperazine rings is 1. The van der Waals surface area contributed by atoms with Gasteiger partial charge in [-0.25, -0.2) is 23.9 Å². The summed E-state index contributed by atoms with van der Waals surface area (Å²) in [6.45, 7) is 2.27. The van der Waals surface area contributed by atoms with E-state index in [0.717, 1.165) is 14.9 Å². The third kappa shape index (κ3) is 3.48. The number of hydrogen-bond acceptors (Lipinski definition) is 4. The second-order valence-electron chi connectivity index (χ2n) is 6.66. The van der Waals surface area contributed by atoms with Crippen LogP contribution in [0.1, 0.15) is 0 Å². The molecule has 1 saturated heterocycles. The molecule has 1 aliphatic heterocycles. The average molecular weight is 379 g/mol. The monoisotopic (exact) mass is 379 g/mol. The first kappa shape index (κ1) is 17.8. The zero-order chi connectivity index (χ0) is 19.5. The Kier molecular flexibility index (Phi) is 4.84. The first-order chi connectivity index (χ1) is 13.6. The highest BCUT2D eigenvalue weighted by Crippen LogP contribution is 2.15. The van der Waals surface area contributed by atoms with Gasteiger partial charge in [0.25, 0.3) is 0 Å². The van der Waals surface area contributed by atoms with Gasteiger partial charge < -0.3 is 9.80 Å². The number of carbonyl (C=O) groups is 1. The van der Waals surface area contributed by atoms with E-state index >= 15 is 0 Å². The maximum atomic E-state index is 12.6. The second-order valence-corrected chi connectivity index (χ2v) is 6.66. The molecule has 1 aromatic heterocycles. The molecular weight excluding hydrogens is 358 g/mol. The molecular formula is C20H21N5O3. The number of nitrogens with zero attached hydrogens (tertiary/aromatic N) is 4. The van der Waals surface area contributed by atoms with E-state index < -0.39 is 11.4 Å². The Morgan fingerprint density at radius 2 is 1.39 bits per heavy atom. The highest BCUT2D eigenvalue weighted by Gasteiger charge is 2.23. The van der Waals surface area contributed by atoms with Crippen molar-refractivity contribution < 1.29 is 4.79 Å². The highest BCUT2D eigenvalue weighted by molar-refractivity contribution is 5.76. The van der Waals surface area contributed by atoms with Crippen LogP contribution in [0.3, 0.4) is 0 Å². The second kappa shape index (κ2) is 7.59. The highest BCUT2D eigenvalue weighted by atomic mass is 16.2. The first-order valence-corrected chi connectivity index (χ1v) is 9.18. The molecule has 0 saturated carbocycles. The molecule has 2 aromatic carbocycles. The lowest BCUT2D eigenvalue weighted by molar-refractivity contribution is -0.132. The fraction of sp³-hybridized carbons (Fsp3) is 0.250. The first-order valence-electron chi connectivity index (χ1n) is 9.18. The van der Waals surface area contributed by atoms with E-state index in [1.54, 1.807) is 29.2 Å². The summed E-state index contributed by atoms with van der Waals surface area (Å²) in [6.07, 6.45) is 0. The summed E-state index contributed by atoms with van der Waals surface area (Å²) in [5.41, 5.74) is 0.534. The third-order valence-corrected chi connectivity index (χ3v) is 4.94. The van der Waals surface area contributed by atoms with Gasteiger partial charge in [0.2, 0.25) is 5.91 Å². The van der Waals surface area contributed by atoms with Crippen molar-refractivity contribution in [3.63, 3.8) is 0 Å². The van der Waals surface area contributed by atoms with Crippen LogP contribution in [0.4, 0.5) is 5.69 Å². The van der Waals surface area contributed by atoms with Gasteiger partial charge in [-0.05, 0) is 24.3 Å². The molecule has 8 nitrogen and oxygen atoms in total. The van der Waals surface area contributed by atoms with E-state index in [9.17, 15) is 14.4 Å². The molecule has 28 heavy (non-hydrogen) atoms. The van der Waals surface area contributed by atoms with Crippen LogP contribution in [0.15, 0.2) is 70.3 Å². The van der Waals surface area contributed by atoms with Crippen molar-refractivity contribution in [2.75, 3.05) is 31.1 Å². The van der Waals surface area contributed by atoms with E-state index in [-0.39, 0.29) is 12.5 Å². The van der Waals surface area contributed by atoms with Crippen LogP contribution in [-0.4, -0.2) is 51.3 Å². The van der Waals surface area contributed by atoms with Gasteiger partial charge in [0.1, 0.15) is 6.54 Å². The Bertz CT molecular complexity index is 1060. The zero-order valence-electron chi connectivity index (χ0n) is 15.3. The molecule has 0 atom stereocenters. The Balaban J connectivity index is 1.44. The lowest BCUT2D eigenvalue weighted by atomic mass is 10.2. The van der Waals surface area contributed by atoms with Gasteiger partial charge in [0, 0.05) is 31.9 Å². The number of anilines is 1. The van der Waals surface area contributed by atoms with E-state index in [2.05, 4.69) is 10.00 Å². The summed E-state index contributed by atoms with van der Waals surface area (Å²) in [4.78, 5) is 41.3. The molecule has 4 rings (SSSR count). The van der Waals surface area contributed by atoms with Crippen molar-refractivity contribution >= 4 is 11.6 Å². The summed E-state index contributed by atoms with van der Waals surface area (Å²) in [7, 11) is 0. The molecule has 0 aliphatic carbocycles. The molecule has 2 heterocycles. The number of aromatic nitrogens is 3. The maximum absolute atomic E-state index is 12.6. The number of carbonyl (C=O) groups excluding carboxylic acids is 1. The Labute approximate surface area is 161 Å². The van der Waals surface area contributed by atoms with E-state index in [1.807, 2.05) is 36.4 Å². The van der Waals surface area contributed by atoms with Gasteiger partial charge in [-0.15, -0.1) is 0 Å². The minimum Gasteiger partial charge on any atom is -0.368 e. The lowest BCUT2D eigenvalue weighted by Crippen LogP contribution is -2.50. The van der Waals surface area contributed by atoms with E-state index in [0.29, 0.717) is 31.9 Å². The minimum absolute atomic E-state index is 0.230. The summed E-state index contributed by atoms with van der Waals surface area (Å²) in [5, 5.41) is 2.50. The van der Waals surface area contributed by atoms with Gasteiger partial charge in [0.05, 0.1) is 5.69 Å². The number of H-pyrrole nitrogens is 1. The van der Waals surface area contributed by atoms with E-state index in [1.165, 1.54) is 0 Å². The van der Waals surface area contributed by atoms with Crippen molar-refractivity contribution in [2.24, 2.45) is 0 Å². The molecule has 0 radical (unpaired) electrons. The molecule has 0 unspecified atom stereocenters. The van der Waals surface area contributed by atoms with Crippen LogP contribution in [0.25, 0.3) is 5.69 Å². The quantitative estimate of drug-likeness (QED) is 0.723. The Morgan fingerprint density at radius 3 is 2.00 bits per heavy atom. The Hall–Kier alpha value is -3.55. The van der Waals surface area contributed by atoms with Gasteiger partial charge in [-0.1, -0.05) is 36.4 Å². The van der Waals surface area contributed by atoms with Gasteiger partial charge in [-0.3, -0.25) is 4.79 Å². The molecule has 3 aromatic rings. The predicted octanol–water partition coefficient (Wildman–Crippen LogP) is 0.676. The summed E-state index contributed by atoms with van der Waals surface area (Å²) < 4.78 is 2.10. The van der Waals surface area contributed by atoms with Gasteiger partial charge in [0.15, 0.2) is 0 Å². The number of hydrogen-bond donors (Lipinski definition) is 1. The van der Waals surface area contributed by atoms with Crippen molar-refractivity contribution in [2.45, 2.75) is 6.54 Å². The molecule has 144 valence electrons. The fourth-order valence-electron chi connectivity index (χ4n) is 3.39. The summed E-state index contributed by atoms with van der Waals surface area (Å²) in [5.74, 6) is -0.230. The van der Waals surface area contributed by atoms with Gasteiger partial charge in [-0.2, -0.15) is 0 Å². The van der Waals surface area contributed by atoms with Crippen molar-refractivity contribution in [1.29, 1.82) is 0 Å². The van der Waals surface area contributed by atoms with Crippen molar-refractivity contribution in [1.82, 2.24) is 19.2 Å².